The van der Waals surface area contributed by atoms with Crippen molar-refractivity contribution in [3.05, 3.63) is 47.0 Å². The zero-order chi connectivity index (χ0) is 20.1. The summed E-state index contributed by atoms with van der Waals surface area (Å²) in [7, 11) is 3.14. The van der Waals surface area contributed by atoms with E-state index in [1.807, 2.05) is 13.0 Å². The molecule has 0 fully saturated rings. The van der Waals surface area contributed by atoms with E-state index in [1.54, 1.807) is 44.6 Å². The number of hydrogen-bond acceptors (Lipinski definition) is 7. The van der Waals surface area contributed by atoms with Crippen molar-refractivity contribution < 1.29 is 19.0 Å². The quantitative estimate of drug-likeness (QED) is 0.618. The molecule has 0 aliphatic heterocycles. The highest BCUT2D eigenvalue weighted by molar-refractivity contribution is 7.18. The summed E-state index contributed by atoms with van der Waals surface area (Å²) in [5.74, 6) is 1.48. The molecule has 3 aromatic rings. The Morgan fingerprint density at radius 2 is 1.82 bits per heavy atom. The Kier molecular flexibility index (Phi) is 6.33. The summed E-state index contributed by atoms with van der Waals surface area (Å²) in [5, 5.41) is 12.4. The predicted octanol–water partition coefficient (Wildman–Crippen LogP) is 4.20. The third-order valence-corrected chi connectivity index (χ3v) is 4.92. The molecule has 0 saturated carbocycles. The van der Waals surface area contributed by atoms with E-state index < -0.39 is 0 Å². The average Bonchev–Trinajstić information content (AvgIpc) is 3.15. The van der Waals surface area contributed by atoms with E-state index in [-0.39, 0.29) is 12.5 Å². The molecular formula is C19H18ClN3O4S. The molecule has 2 aromatic carbocycles. The summed E-state index contributed by atoms with van der Waals surface area (Å²) in [6, 6.07) is 10.6. The van der Waals surface area contributed by atoms with Gasteiger partial charge in [-0.15, -0.1) is 10.2 Å². The first-order valence-corrected chi connectivity index (χ1v) is 9.44. The van der Waals surface area contributed by atoms with E-state index in [0.29, 0.717) is 32.4 Å². The Balaban J connectivity index is 1.63. The molecule has 0 aliphatic rings. The highest BCUT2D eigenvalue weighted by Crippen LogP contribution is 2.34. The van der Waals surface area contributed by atoms with Gasteiger partial charge in [0.15, 0.2) is 18.1 Å². The molecule has 1 N–H and O–H groups in total. The molecule has 0 saturated heterocycles. The number of aromatic nitrogens is 2. The van der Waals surface area contributed by atoms with Crippen LogP contribution >= 0.6 is 22.9 Å². The molecule has 0 spiro atoms. The molecule has 3 rings (SSSR count). The minimum Gasteiger partial charge on any atom is -0.493 e. The maximum atomic E-state index is 12.1. The van der Waals surface area contributed by atoms with Crippen molar-refractivity contribution in [2.45, 2.75) is 6.92 Å². The van der Waals surface area contributed by atoms with Gasteiger partial charge in [0.1, 0.15) is 10.8 Å². The number of carbonyl (C=O) groups excluding carboxylic acids is 1. The van der Waals surface area contributed by atoms with Crippen molar-refractivity contribution >= 4 is 34.0 Å². The third-order valence-electron chi connectivity index (χ3n) is 3.80. The van der Waals surface area contributed by atoms with Crippen molar-refractivity contribution in [1.82, 2.24) is 10.2 Å². The number of nitrogens with one attached hydrogen (secondary N) is 1. The Morgan fingerprint density at radius 1 is 1.07 bits per heavy atom. The van der Waals surface area contributed by atoms with Gasteiger partial charge in [0.05, 0.1) is 14.2 Å². The van der Waals surface area contributed by atoms with E-state index in [2.05, 4.69) is 15.5 Å². The first-order chi connectivity index (χ1) is 13.5. The van der Waals surface area contributed by atoms with Crippen molar-refractivity contribution in [3.8, 4) is 27.8 Å². The van der Waals surface area contributed by atoms with Crippen LogP contribution in [0.25, 0.3) is 10.6 Å². The number of methoxy groups -OCH3 is 2. The molecule has 28 heavy (non-hydrogen) atoms. The van der Waals surface area contributed by atoms with Gasteiger partial charge in [-0.05, 0) is 48.9 Å². The van der Waals surface area contributed by atoms with Crippen LogP contribution < -0.4 is 19.5 Å². The van der Waals surface area contributed by atoms with E-state index in [9.17, 15) is 4.79 Å². The fourth-order valence-electron chi connectivity index (χ4n) is 2.43. The van der Waals surface area contributed by atoms with Gasteiger partial charge in [-0.3, -0.25) is 10.1 Å². The van der Waals surface area contributed by atoms with Crippen LogP contribution in [0.15, 0.2) is 36.4 Å². The lowest BCUT2D eigenvalue weighted by atomic mass is 10.2. The molecule has 1 aromatic heterocycles. The summed E-state index contributed by atoms with van der Waals surface area (Å²) < 4.78 is 16.1. The van der Waals surface area contributed by atoms with Gasteiger partial charge in [-0.1, -0.05) is 22.9 Å². The molecule has 0 aliphatic carbocycles. The lowest BCUT2D eigenvalue weighted by Crippen LogP contribution is -2.20. The number of hydrogen-bond donors (Lipinski definition) is 1. The van der Waals surface area contributed by atoms with Crippen LogP contribution in [0.5, 0.6) is 17.2 Å². The summed E-state index contributed by atoms with van der Waals surface area (Å²) >= 11 is 7.16. The number of nitrogens with zero attached hydrogens (tertiary/aromatic N) is 2. The number of rotatable bonds is 7. The molecule has 9 heteroatoms. The monoisotopic (exact) mass is 419 g/mol. The van der Waals surface area contributed by atoms with Crippen LogP contribution in [0, 0.1) is 6.92 Å². The van der Waals surface area contributed by atoms with Crippen molar-refractivity contribution in [2.24, 2.45) is 0 Å². The van der Waals surface area contributed by atoms with Gasteiger partial charge < -0.3 is 14.2 Å². The van der Waals surface area contributed by atoms with Gasteiger partial charge in [-0.25, -0.2) is 0 Å². The molecular weight excluding hydrogens is 402 g/mol. The van der Waals surface area contributed by atoms with E-state index in [4.69, 9.17) is 25.8 Å². The van der Waals surface area contributed by atoms with Crippen LogP contribution in [-0.2, 0) is 4.79 Å². The number of halogens is 1. The van der Waals surface area contributed by atoms with Crippen molar-refractivity contribution in [1.29, 1.82) is 0 Å². The maximum Gasteiger partial charge on any atom is 0.264 e. The highest BCUT2D eigenvalue weighted by Gasteiger charge is 2.13. The second-order valence-electron chi connectivity index (χ2n) is 5.73. The standard InChI is InChI=1S/C19H18ClN3O4S/c1-11-8-13(20)5-7-14(11)27-10-17(24)21-19-23-22-18(28-19)12-4-6-15(25-2)16(9-12)26-3/h4-9H,10H2,1-3H3,(H,21,23,24). The number of anilines is 1. The molecule has 1 amide bonds. The maximum absolute atomic E-state index is 12.1. The molecule has 0 atom stereocenters. The van der Waals surface area contributed by atoms with Crippen LogP contribution in [0.4, 0.5) is 5.13 Å². The smallest absolute Gasteiger partial charge is 0.264 e. The van der Waals surface area contributed by atoms with Crippen molar-refractivity contribution in [2.75, 3.05) is 26.1 Å². The minimum atomic E-state index is -0.329. The number of ether oxygens (including phenoxy) is 3. The topological polar surface area (TPSA) is 82.6 Å². The fourth-order valence-corrected chi connectivity index (χ4v) is 3.42. The largest absolute Gasteiger partial charge is 0.493 e. The van der Waals surface area contributed by atoms with E-state index >= 15 is 0 Å². The number of amides is 1. The van der Waals surface area contributed by atoms with Gasteiger partial charge in [-0.2, -0.15) is 0 Å². The van der Waals surface area contributed by atoms with Crippen molar-refractivity contribution in [3.63, 3.8) is 0 Å². The van der Waals surface area contributed by atoms with E-state index in [0.717, 1.165) is 11.1 Å². The lowest BCUT2D eigenvalue weighted by Gasteiger charge is -2.08. The summed E-state index contributed by atoms with van der Waals surface area (Å²) in [6.07, 6.45) is 0. The molecule has 1 heterocycles. The Morgan fingerprint density at radius 3 is 2.54 bits per heavy atom. The predicted molar refractivity (Wildman–Crippen MR) is 109 cm³/mol. The first-order valence-electron chi connectivity index (χ1n) is 8.25. The molecule has 0 unspecified atom stereocenters. The van der Waals surface area contributed by atoms with Gasteiger partial charge in [0.2, 0.25) is 5.13 Å². The van der Waals surface area contributed by atoms with Crippen LogP contribution in [0.3, 0.4) is 0 Å². The normalized spacial score (nSPS) is 10.4. The Bertz CT molecular complexity index is 993. The zero-order valence-corrected chi connectivity index (χ0v) is 17.1. The average molecular weight is 420 g/mol. The summed E-state index contributed by atoms with van der Waals surface area (Å²) in [5.41, 5.74) is 1.66. The molecule has 146 valence electrons. The SMILES string of the molecule is COc1ccc(-c2nnc(NC(=O)COc3ccc(Cl)cc3C)s2)cc1OC. The zero-order valence-electron chi connectivity index (χ0n) is 15.5. The Labute approximate surface area is 171 Å². The molecule has 0 bridgehead atoms. The number of benzene rings is 2. The van der Waals surface area contributed by atoms with Gasteiger partial charge >= 0.3 is 0 Å². The lowest BCUT2D eigenvalue weighted by molar-refractivity contribution is -0.118. The second-order valence-corrected chi connectivity index (χ2v) is 7.14. The Hall–Kier alpha value is -2.84. The number of carbonyl (C=O) groups is 1. The molecule has 0 radical (unpaired) electrons. The van der Waals surface area contributed by atoms with Gasteiger partial charge in [0.25, 0.3) is 5.91 Å². The van der Waals surface area contributed by atoms with E-state index in [1.165, 1.54) is 11.3 Å². The van der Waals surface area contributed by atoms with Crippen LogP contribution in [0.2, 0.25) is 5.02 Å². The third kappa shape index (κ3) is 4.71. The van der Waals surface area contributed by atoms with Gasteiger partial charge in [0, 0.05) is 10.6 Å². The van der Waals surface area contributed by atoms with Crippen LogP contribution in [-0.4, -0.2) is 36.9 Å². The summed E-state index contributed by atoms with van der Waals surface area (Å²) in [6.45, 7) is 1.72. The first kappa shape index (κ1) is 19.9. The van der Waals surface area contributed by atoms with Crippen LogP contribution in [0.1, 0.15) is 5.56 Å². The second kappa shape index (κ2) is 8.90. The highest BCUT2D eigenvalue weighted by atomic mass is 35.5. The fraction of sp³-hybridized carbons (Fsp3) is 0.211. The molecule has 7 nitrogen and oxygen atoms in total. The minimum absolute atomic E-state index is 0.145. The number of aryl methyl sites for hydroxylation is 1. The summed E-state index contributed by atoms with van der Waals surface area (Å²) in [4.78, 5) is 12.1.